The van der Waals surface area contributed by atoms with Crippen molar-refractivity contribution in [3.63, 3.8) is 0 Å². The fourth-order valence-electron chi connectivity index (χ4n) is 1.69. The molecule has 2 aromatic rings. The summed E-state index contributed by atoms with van der Waals surface area (Å²) in [6.45, 7) is 3.83. The van der Waals surface area contributed by atoms with Gasteiger partial charge >= 0.3 is 6.03 Å². The molecule has 0 aliphatic carbocycles. The third-order valence-corrected chi connectivity index (χ3v) is 2.78. The van der Waals surface area contributed by atoms with E-state index in [9.17, 15) is 4.79 Å². The lowest BCUT2D eigenvalue weighted by Crippen LogP contribution is -2.20. The van der Waals surface area contributed by atoms with Crippen molar-refractivity contribution in [2.45, 2.75) is 20.3 Å². The molecule has 0 radical (unpaired) electrons. The molecule has 0 aliphatic rings. The van der Waals surface area contributed by atoms with Gasteiger partial charge in [-0.25, -0.2) is 9.78 Å². The number of aryl methyl sites for hydroxylation is 2. The van der Waals surface area contributed by atoms with Gasteiger partial charge in [-0.1, -0.05) is 18.5 Å². The standard InChI is InChI=1S/C13H14ClN3O/c1-3-12-15-9(2)8-17(12)13(18)16-11-6-4-10(14)5-7-11/h4-8H,3H2,1-2H3,(H,16,18). The molecule has 18 heavy (non-hydrogen) atoms. The summed E-state index contributed by atoms with van der Waals surface area (Å²) < 4.78 is 1.53. The van der Waals surface area contributed by atoms with Crippen molar-refractivity contribution >= 4 is 23.3 Å². The summed E-state index contributed by atoms with van der Waals surface area (Å²) in [4.78, 5) is 16.4. The molecule has 0 saturated heterocycles. The number of aromatic nitrogens is 2. The Hall–Kier alpha value is -1.81. The number of carbonyl (C=O) groups is 1. The molecule has 5 heteroatoms. The number of nitrogens with one attached hydrogen (secondary N) is 1. The highest BCUT2D eigenvalue weighted by Crippen LogP contribution is 2.14. The van der Waals surface area contributed by atoms with Gasteiger partial charge in [0.25, 0.3) is 0 Å². The summed E-state index contributed by atoms with van der Waals surface area (Å²) >= 11 is 5.79. The van der Waals surface area contributed by atoms with Gasteiger partial charge in [-0.2, -0.15) is 0 Å². The molecule has 0 saturated carbocycles. The van der Waals surface area contributed by atoms with Gasteiger partial charge in [0.1, 0.15) is 5.82 Å². The monoisotopic (exact) mass is 263 g/mol. The Bertz CT molecular complexity index is 560. The van der Waals surface area contributed by atoms with Crippen LogP contribution in [0.1, 0.15) is 18.4 Å². The van der Waals surface area contributed by atoms with Crippen LogP contribution in [0, 0.1) is 6.92 Å². The maximum atomic E-state index is 12.1. The van der Waals surface area contributed by atoms with Crippen molar-refractivity contribution in [1.29, 1.82) is 0 Å². The molecule has 0 spiro atoms. The number of hydrogen-bond acceptors (Lipinski definition) is 2. The van der Waals surface area contributed by atoms with Crippen molar-refractivity contribution in [2.75, 3.05) is 5.32 Å². The summed E-state index contributed by atoms with van der Waals surface area (Å²) in [6, 6.07) is 6.77. The highest BCUT2D eigenvalue weighted by Gasteiger charge is 2.11. The third-order valence-electron chi connectivity index (χ3n) is 2.53. The van der Waals surface area contributed by atoms with E-state index in [2.05, 4.69) is 10.3 Å². The molecule has 4 nitrogen and oxygen atoms in total. The normalized spacial score (nSPS) is 10.4. The van der Waals surface area contributed by atoms with E-state index in [-0.39, 0.29) is 6.03 Å². The quantitative estimate of drug-likeness (QED) is 0.902. The van der Waals surface area contributed by atoms with Crippen molar-refractivity contribution in [1.82, 2.24) is 9.55 Å². The molecule has 1 amide bonds. The maximum absolute atomic E-state index is 12.1. The lowest BCUT2D eigenvalue weighted by atomic mass is 10.3. The molecule has 0 fully saturated rings. The number of nitrogens with zero attached hydrogens (tertiary/aromatic N) is 2. The summed E-state index contributed by atoms with van der Waals surface area (Å²) in [7, 11) is 0. The smallest absolute Gasteiger partial charge is 0.307 e. The number of benzene rings is 1. The van der Waals surface area contributed by atoms with Crippen LogP contribution in [0.15, 0.2) is 30.5 Å². The van der Waals surface area contributed by atoms with Crippen LogP contribution in [-0.4, -0.2) is 15.6 Å². The maximum Gasteiger partial charge on any atom is 0.331 e. The number of amides is 1. The van der Waals surface area contributed by atoms with E-state index in [4.69, 9.17) is 11.6 Å². The van der Waals surface area contributed by atoms with Crippen molar-refractivity contribution in [2.24, 2.45) is 0 Å². The fourth-order valence-corrected chi connectivity index (χ4v) is 1.82. The fraction of sp³-hybridized carbons (Fsp3) is 0.231. The number of imidazole rings is 1. The number of carbonyl (C=O) groups excluding carboxylic acids is 1. The summed E-state index contributed by atoms with van der Waals surface area (Å²) in [5.74, 6) is 0.749. The average Bonchev–Trinajstić information content (AvgIpc) is 2.73. The van der Waals surface area contributed by atoms with E-state index in [0.29, 0.717) is 17.1 Å². The second kappa shape index (κ2) is 5.23. The first kappa shape index (κ1) is 12.6. The predicted molar refractivity (Wildman–Crippen MR) is 72.2 cm³/mol. The van der Waals surface area contributed by atoms with E-state index in [1.54, 1.807) is 30.5 Å². The Morgan fingerprint density at radius 2 is 2.06 bits per heavy atom. The van der Waals surface area contributed by atoms with Crippen molar-refractivity contribution in [3.05, 3.63) is 47.0 Å². The van der Waals surface area contributed by atoms with Crippen molar-refractivity contribution < 1.29 is 4.79 Å². The average molecular weight is 264 g/mol. The molecule has 1 heterocycles. The summed E-state index contributed by atoms with van der Waals surface area (Å²) in [6.07, 6.45) is 2.44. The Kier molecular flexibility index (Phi) is 3.67. The van der Waals surface area contributed by atoms with E-state index in [1.807, 2.05) is 13.8 Å². The SMILES string of the molecule is CCc1nc(C)cn1C(=O)Nc1ccc(Cl)cc1. The van der Waals surface area contributed by atoms with Gasteiger partial charge in [0, 0.05) is 23.3 Å². The predicted octanol–water partition coefficient (Wildman–Crippen LogP) is 3.49. The minimum Gasteiger partial charge on any atom is -0.307 e. The highest BCUT2D eigenvalue weighted by molar-refractivity contribution is 6.30. The Balaban J connectivity index is 2.19. The van der Waals surface area contributed by atoms with Gasteiger partial charge in [-0.3, -0.25) is 4.57 Å². The molecule has 94 valence electrons. The number of rotatable bonds is 2. The van der Waals surface area contributed by atoms with E-state index < -0.39 is 0 Å². The lowest BCUT2D eigenvalue weighted by molar-refractivity contribution is 0.253. The molecule has 1 aromatic carbocycles. The summed E-state index contributed by atoms with van der Waals surface area (Å²) in [5.41, 5.74) is 1.54. The van der Waals surface area contributed by atoms with Gasteiger partial charge in [-0.15, -0.1) is 0 Å². The Morgan fingerprint density at radius 3 is 2.67 bits per heavy atom. The number of halogens is 1. The van der Waals surface area contributed by atoms with E-state index in [1.165, 1.54) is 4.57 Å². The van der Waals surface area contributed by atoms with Crippen LogP contribution in [0.2, 0.25) is 5.02 Å². The van der Waals surface area contributed by atoms with Gasteiger partial charge < -0.3 is 5.32 Å². The van der Waals surface area contributed by atoms with Crippen LogP contribution in [0.5, 0.6) is 0 Å². The van der Waals surface area contributed by atoms with Crippen LogP contribution in [-0.2, 0) is 6.42 Å². The lowest BCUT2D eigenvalue weighted by Gasteiger charge is -2.07. The molecule has 0 atom stereocenters. The highest BCUT2D eigenvalue weighted by atomic mass is 35.5. The molecule has 0 aliphatic heterocycles. The molecular weight excluding hydrogens is 250 g/mol. The van der Waals surface area contributed by atoms with Crippen LogP contribution >= 0.6 is 11.6 Å². The van der Waals surface area contributed by atoms with Crippen LogP contribution in [0.4, 0.5) is 10.5 Å². The van der Waals surface area contributed by atoms with Crippen molar-refractivity contribution in [3.8, 4) is 0 Å². The summed E-state index contributed by atoms with van der Waals surface area (Å²) in [5, 5.41) is 3.44. The molecule has 1 N–H and O–H groups in total. The zero-order valence-corrected chi connectivity index (χ0v) is 11.0. The second-order valence-electron chi connectivity index (χ2n) is 3.96. The number of anilines is 1. The van der Waals surface area contributed by atoms with E-state index in [0.717, 1.165) is 11.5 Å². The third kappa shape index (κ3) is 2.71. The van der Waals surface area contributed by atoms with Crippen LogP contribution in [0.3, 0.4) is 0 Å². The molecule has 0 unspecified atom stereocenters. The van der Waals surface area contributed by atoms with E-state index >= 15 is 0 Å². The largest absolute Gasteiger partial charge is 0.331 e. The molecular formula is C13H14ClN3O. The second-order valence-corrected chi connectivity index (χ2v) is 4.40. The molecule has 1 aromatic heterocycles. The van der Waals surface area contributed by atoms with Gasteiger partial charge in [0.05, 0.1) is 5.69 Å². The van der Waals surface area contributed by atoms with Gasteiger partial charge in [0.2, 0.25) is 0 Å². The zero-order valence-electron chi connectivity index (χ0n) is 10.3. The van der Waals surface area contributed by atoms with Gasteiger partial charge in [0.15, 0.2) is 0 Å². The minimum atomic E-state index is -0.213. The zero-order chi connectivity index (χ0) is 13.1. The number of hydrogen-bond donors (Lipinski definition) is 1. The van der Waals surface area contributed by atoms with Gasteiger partial charge in [-0.05, 0) is 31.2 Å². The Labute approximate surface area is 111 Å². The Morgan fingerprint density at radius 1 is 1.39 bits per heavy atom. The molecule has 0 bridgehead atoms. The van der Waals surface area contributed by atoms with Crippen LogP contribution in [0.25, 0.3) is 0 Å². The first-order valence-electron chi connectivity index (χ1n) is 5.72. The molecule has 2 rings (SSSR count). The first-order chi connectivity index (χ1) is 8.60. The first-order valence-corrected chi connectivity index (χ1v) is 6.09. The minimum absolute atomic E-state index is 0.213. The van der Waals surface area contributed by atoms with Crippen LogP contribution < -0.4 is 5.32 Å². The topological polar surface area (TPSA) is 46.9 Å².